The van der Waals surface area contributed by atoms with Crippen LogP contribution in [0.5, 0.6) is 0 Å². The predicted octanol–water partition coefficient (Wildman–Crippen LogP) is 1.70. The van der Waals surface area contributed by atoms with Gasteiger partial charge in [0.2, 0.25) is 0 Å². The standard InChI is InChI=1S/C11H10N2O2/c12-9-3-1-2-6-4-8(11(14)15)10(13)5-7(6)9/h1-5H,12-13H2,(H,14,15). The summed E-state index contributed by atoms with van der Waals surface area (Å²) in [5, 5.41) is 10.4. The van der Waals surface area contributed by atoms with Crippen molar-refractivity contribution in [3.05, 3.63) is 35.9 Å². The summed E-state index contributed by atoms with van der Waals surface area (Å²) in [7, 11) is 0. The SMILES string of the molecule is Nc1cc2c(N)cccc2cc1C(=O)O. The first-order chi connectivity index (χ1) is 7.09. The monoisotopic (exact) mass is 202 g/mol. The summed E-state index contributed by atoms with van der Waals surface area (Å²) >= 11 is 0. The van der Waals surface area contributed by atoms with Gasteiger partial charge in [0.05, 0.1) is 5.56 Å². The molecule has 4 heteroatoms. The summed E-state index contributed by atoms with van der Waals surface area (Å²) in [5.41, 5.74) is 12.3. The van der Waals surface area contributed by atoms with Gasteiger partial charge in [-0.2, -0.15) is 0 Å². The zero-order chi connectivity index (χ0) is 11.0. The van der Waals surface area contributed by atoms with E-state index in [1.165, 1.54) is 6.07 Å². The molecule has 0 spiro atoms. The van der Waals surface area contributed by atoms with Gasteiger partial charge in [-0.05, 0) is 23.6 Å². The quantitative estimate of drug-likeness (QED) is 0.614. The molecule has 0 aliphatic heterocycles. The minimum atomic E-state index is -1.03. The van der Waals surface area contributed by atoms with Gasteiger partial charge in [0.1, 0.15) is 0 Å². The molecular formula is C11H10N2O2. The minimum Gasteiger partial charge on any atom is -0.478 e. The van der Waals surface area contributed by atoms with E-state index in [0.717, 1.165) is 10.8 Å². The summed E-state index contributed by atoms with van der Waals surface area (Å²) in [6.07, 6.45) is 0. The third-order valence-electron chi connectivity index (χ3n) is 2.31. The second-order valence-electron chi connectivity index (χ2n) is 3.31. The first-order valence-electron chi connectivity index (χ1n) is 4.40. The summed E-state index contributed by atoms with van der Waals surface area (Å²) in [5.74, 6) is -1.03. The van der Waals surface area contributed by atoms with Crippen molar-refractivity contribution >= 4 is 28.1 Å². The maximum Gasteiger partial charge on any atom is 0.337 e. The number of fused-ring (bicyclic) bond motifs is 1. The highest BCUT2D eigenvalue weighted by atomic mass is 16.4. The van der Waals surface area contributed by atoms with Gasteiger partial charge in [-0.25, -0.2) is 4.79 Å². The molecule has 0 radical (unpaired) electrons. The Kier molecular flexibility index (Phi) is 1.97. The number of hydrogen-bond acceptors (Lipinski definition) is 3. The Bertz CT molecular complexity index is 550. The van der Waals surface area contributed by atoms with E-state index in [9.17, 15) is 4.79 Å². The van der Waals surface area contributed by atoms with E-state index in [2.05, 4.69) is 0 Å². The highest BCUT2D eigenvalue weighted by Gasteiger charge is 2.09. The normalized spacial score (nSPS) is 10.4. The number of nitrogen functional groups attached to an aromatic ring is 2. The van der Waals surface area contributed by atoms with Crippen LogP contribution in [0.3, 0.4) is 0 Å². The number of hydrogen-bond donors (Lipinski definition) is 3. The second kappa shape index (κ2) is 3.16. The van der Waals surface area contributed by atoms with Crippen molar-refractivity contribution in [2.24, 2.45) is 0 Å². The predicted molar refractivity (Wildman–Crippen MR) is 59.7 cm³/mol. The lowest BCUT2D eigenvalue weighted by Crippen LogP contribution is -2.02. The van der Waals surface area contributed by atoms with Gasteiger partial charge in [0, 0.05) is 16.8 Å². The van der Waals surface area contributed by atoms with E-state index in [1.807, 2.05) is 0 Å². The van der Waals surface area contributed by atoms with E-state index in [1.54, 1.807) is 24.3 Å². The highest BCUT2D eigenvalue weighted by molar-refractivity contribution is 6.03. The largest absolute Gasteiger partial charge is 0.478 e. The number of carboxylic acid groups (broad SMARTS) is 1. The van der Waals surface area contributed by atoms with Crippen LogP contribution in [0.2, 0.25) is 0 Å². The molecule has 0 fully saturated rings. The summed E-state index contributed by atoms with van der Waals surface area (Å²) < 4.78 is 0. The molecule has 0 saturated carbocycles. The minimum absolute atomic E-state index is 0.105. The summed E-state index contributed by atoms with van der Waals surface area (Å²) in [4.78, 5) is 10.8. The molecule has 2 aromatic carbocycles. The molecule has 0 bridgehead atoms. The van der Waals surface area contributed by atoms with Crippen molar-refractivity contribution < 1.29 is 9.90 Å². The Morgan fingerprint density at radius 1 is 1.13 bits per heavy atom. The van der Waals surface area contributed by atoms with Crippen LogP contribution in [-0.4, -0.2) is 11.1 Å². The molecule has 4 nitrogen and oxygen atoms in total. The van der Waals surface area contributed by atoms with Gasteiger partial charge in [-0.3, -0.25) is 0 Å². The topological polar surface area (TPSA) is 89.3 Å². The van der Waals surface area contributed by atoms with Crippen molar-refractivity contribution in [1.82, 2.24) is 0 Å². The number of rotatable bonds is 1. The van der Waals surface area contributed by atoms with E-state index < -0.39 is 5.97 Å². The molecule has 76 valence electrons. The van der Waals surface area contributed by atoms with Gasteiger partial charge in [-0.15, -0.1) is 0 Å². The maximum atomic E-state index is 10.8. The lowest BCUT2D eigenvalue weighted by Gasteiger charge is -2.06. The van der Waals surface area contributed by atoms with E-state index in [-0.39, 0.29) is 11.3 Å². The number of nitrogens with two attached hydrogens (primary N) is 2. The zero-order valence-corrected chi connectivity index (χ0v) is 7.90. The molecule has 2 rings (SSSR count). The molecule has 0 atom stereocenters. The van der Waals surface area contributed by atoms with E-state index >= 15 is 0 Å². The van der Waals surface area contributed by atoms with Crippen LogP contribution in [0.25, 0.3) is 10.8 Å². The Morgan fingerprint density at radius 2 is 1.87 bits per heavy atom. The lowest BCUT2D eigenvalue weighted by molar-refractivity contribution is 0.0698. The molecule has 15 heavy (non-hydrogen) atoms. The van der Waals surface area contributed by atoms with Crippen LogP contribution in [0.4, 0.5) is 11.4 Å². The Hall–Kier alpha value is -2.23. The van der Waals surface area contributed by atoms with Crippen molar-refractivity contribution in [3.8, 4) is 0 Å². The first-order valence-corrected chi connectivity index (χ1v) is 4.40. The molecule has 0 aliphatic rings. The number of carboxylic acids is 1. The van der Waals surface area contributed by atoms with Crippen molar-refractivity contribution in [3.63, 3.8) is 0 Å². The fourth-order valence-corrected chi connectivity index (χ4v) is 1.55. The number of benzene rings is 2. The molecule has 0 aromatic heterocycles. The van der Waals surface area contributed by atoms with Gasteiger partial charge in [0.15, 0.2) is 0 Å². The molecule has 0 unspecified atom stereocenters. The summed E-state index contributed by atoms with van der Waals surface area (Å²) in [6, 6.07) is 8.46. The van der Waals surface area contributed by atoms with Crippen LogP contribution in [0.15, 0.2) is 30.3 Å². The Morgan fingerprint density at radius 3 is 2.53 bits per heavy atom. The average Bonchev–Trinajstić information content (AvgIpc) is 2.18. The van der Waals surface area contributed by atoms with Gasteiger partial charge < -0.3 is 16.6 Å². The van der Waals surface area contributed by atoms with E-state index in [4.69, 9.17) is 16.6 Å². The lowest BCUT2D eigenvalue weighted by atomic mass is 10.0. The van der Waals surface area contributed by atoms with Crippen LogP contribution >= 0.6 is 0 Å². The Balaban J connectivity index is 2.82. The number of anilines is 2. The smallest absolute Gasteiger partial charge is 0.337 e. The third-order valence-corrected chi connectivity index (χ3v) is 2.31. The molecular weight excluding hydrogens is 192 g/mol. The molecule has 0 amide bonds. The van der Waals surface area contributed by atoms with Crippen LogP contribution in [-0.2, 0) is 0 Å². The fourth-order valence-electron chi connectivity index (χ4n) is 1.55. The summed E-state index contributed by atoms with van der Waals surface area (Å²) in [6.45, 7) is 0. The van der Waals surface area contributed by atoms with E-state index in [0.29, 0.717) is 5.69 Å². The molecule has 5 N–H and O–H groups in total. The fraction of sp³-hybridized carbons (Fsp3) is 0. The zero-order valence-electron chi connectivity index (χ0n) is 7.90. The molecule has 0 heterocycles. The van der Waals surface area contributed by atoms with Gasteiger partial charge >= 0.3 is 5.97 Å². The Labute approximate surface area is 86.1 Å². The maximum absolute atomic E-state index is 10.8. The van der Waals surface area contributed by atoms with Gasteiger partial charge in [-0.1, -0.05) is 12.1 Å². The second-order valence-corrected chi connectivity index (χ2v) is 3.31. The third kappa shape index (κ3) is 1.46. The highest BCUT2D eigenvalue weighted by Crippen LogP contribution is 2.26. The van der Waals surface area contributed by atoms with Gasteiger partial charge in [0.25, 0.3) is 0 Å². The van der Waals surface area contributed by atoms with Crippen LogP contribution in [0, 0.1) is 0 Å². The van der Waals surface area contributed by atoms with Crippen molar-refractivity contribution in [2.75, 3.05) is 11.5 Å². The molecule has 0 aliphatic carbocycles. The molecule has 0 saturated heterocycles. The van der Waals surface area contributed by atoms with Crippen molar-refractivity contribution in [2.45, 2.75) is 0 Å². The van der Waals surface area contributed by atoms with Crippen molar-refractivity contribution in [1.29, 1.82) is 0 Å². The van der Waals surface area contributed by atoms with Crippen LogP contribution < -0.4 is 11.5 Å². The molecule has 2 aromatic rings. The first kappa shape index (κ1) is 9.33. The average molecular weight is 202 g/mol. The number of aromatic carboxylic acids is 1. The van der Waals surface area contributed by atoms with Crippen LogP contribution in [0.1, 0.15) is 10.4 Å². The number of carbonyl (C=O) groups is 1.